The van der Waals surface area contributed by atoms with Crippen LogP contribution in [0.4, 0.5) is 8.78 Å². The summed E-state index contributed by atoms with van der Waals surface area (Å²) < 4.78 is 27.1. The first-order chi connectivity index (χ1) is 9.56. The molecule has 0 radical (unpaired) electrons. The number of benzene rings is 1. The number of halogens is 2. The SMILES string of the molecule is CC(C)NCC1CCCCC1Cc1cc(F)ccc1F. The Bertz CT molecular complexity index is 431. The van der Waals surface area contributed by atoms with Crippen molar-refractivity contribution in [3.8, 4) is 0 Å². The van der Waals surface area contributed by atoms with Gasteiger partial charge in [-0.1, -0.05) is 26.7 Å². The highest BCUT2D eigenvalue weighted by molar-refractivity contribution is 5.19. The predicted octanol–water partition coefficient (Wildman–Crippen LogP) is 4.31. The lowest BCUT2D eigenvalue weighted by Gasteiger charge is -2.32. The Labute approximate surface area is 120 Å². The zero-order valence-electron chi connectivity index (χ0n) is 12.5. The standard InChI is InChI=1S/C17H25F2N/c1-12(2)20-11-14-6-4-3-5-13(14)9-15-10-16(18)7-8-17(15)19/h7-8,10,12-14,20H,3-6,9,11H2,1-2H3. The van der Waals surface area contributed by atoms with E-state index in [-0.39, 0.29) is 11.6 Å². The van der Waals surface area contributed by atoms with Crippen LogP contribution in [0.3, 0.4) is 0 Å². The Hall–Kier alpha value is -0.960. The van der Waals surface area contributed by atoms with Crippen LogP contribution in [0, 0.1) is 23.5 Å². The minimum absolute atomic E-state index is 0.271. The molecule has 1 aromatic rings. The molecule has 1 fully saturated rings. The predicted molar refractivity (Wildman–Crippen MR) is 78.6 cm³/mol. The monoisotopic (exact) mass is 281 g/mol. The van der Waals surface area contributed by atoms with Gasteiger partial charge in [0.2, 0.25) is 0 Å². The van der Waals surface area contributed by atoms with Crippen molar-refractivity contribution in [3.05, 3.63) is 35.4 Å². The van der Waals surface area contributed by atoms with E-state index < -0.39 is 0 Å². The van der Waals surface area contributed by atoms with Gasteiger partial charge in [-0.2, -0.15) is 0 Å². The molecule has 0 aromatic heterocycles. The maximum Gasteiger partial charge on any atom is 0.126 e. The smallest absolute Gasteiger partial charge is 0.126 e. The summed E-state index contributed by atoms with van der Waals surface area (Å²) in [6.07, 6.45) is 5.45. The van der Waals surface area contributed by atoms with Crippen LogP contribution in [0.1, 0.15) is 45.1 Å². The molecule has 1 aromatic carbocycles. The summed E-state index contributed by atoms with van der Waals surface area (Å²) in [5, 5.41) is 3.49. The number of hydrogen-bond acceptors (Lipinski definition) is 1. The summed E-state index contributed by atoms with van der Waals surface area (Å²) in [7, 11) is 0. The van der Waals surface area contributed by atoms with Crippen LogP contribution in [0.15, 0.2) is 18.2 Å². The van der Waals surface area contributed by atoms with Crippen LogP contribution in [0.25, 0.3) is 0 Å². The van der Waals surface area contributed by atoms with E-state index in [1.165, 1.54) is 37.5 Å². The van der Waals surface area contributed by atoms with Gasteiger partial charge in [-0.25, -0.2) is 8.78 Å². The molecule has 112 valence electrons. The highest BCUT2D eigenvalue weighted by atomic mass is 19.1. The van der Waals surface area contributed by atoms with Crippen molar-refractivity contribution in [2.75, 3.05) is 6.54 Å². The van der Waals surface area contributed by atoms with Gasteiger partial charge in [0, 0.05) is 6.04 Å². The Morgan fingerprint density at radius 2 is 1.85 bits per heavy atom. The number of nitrogens with one attached hydrogen (secondary N) is 1. The molecule has 3 heteroatoms. The highest BCUT2D eigenvalue weighted by Gasteiger charge is 2.26. The molecule has 1 nitrogen and oxygen atoms in total. The van der Waals surface area contributed by atoms with Crippen molar-refractivity contribution < 1.29 is 8.78 Å². The number of rotatable bonds is 5. The van der Waals surface area contributed by atoms with Crippen LogP contribution < -0.4 is 5.32 Å². The van der Waals surface area contributed by atoms with E-state index in [0.717, 1.165) is 13.0 Å². The normalized spacial score (nSPS) is 23.2. The Balaban J connectivity index is 2.02. The Morgan fingerprint density at radius 3 is 2.55 bits per heavy atom. The highest BCUT2D eigenvalue weighted by Crippen LogP contribution is 2.33. The molecule has 1 aliphatic rings. The first-order valence-electron chi connectivity index (χ1n) is 7.73. The van der Waals surface area contributed by atoms with E-state index in [4.69, 9.17) is 0 Å². The van der Waals surface area contributed by atoms with Gasteiger partial charge in [-0.05, 0) is 61.4 Å². The molecule has 0 bridgehead atoms. The lowest BCUT2D eigenvalue weighted by atomic mass is 9.76. The average molecular weight is 281 g/mol. The summed E-state index contributed by atoms with van der Waals surface area (Å²) in [5.74, 6) is 0.432. The summed E-state index contributed by atoms with van der Waals surface area (Å²) in [4.78, 5) is 0. The average Bonchev–Trinajstić information content (AvgIpc) is 2.42. The molecule has 0 saturated heterocycles. The molecule has 0 aliphatic heterocycles. The quantitative estimate of drug-likeness (QED) is 0.848. The molecule has 0 heterocycles. The van der Waals surface area contributed by atoms with Gasteiger partial charge < -0.3 is 5.32 Å². The molecule has 2 unspecified atom stereocenters. The van der Waals surface area contributed by atoms with E-state index in [0.29, 0.717) is 29.9 Å². The lowest BCUT2D eigenvalue weighted by Crippen LogP contribution is -2.35. The van der Waals surface area contributed by atoms with Gasteiger partial charge in [-0.3, -0.25) is 0 Å². The van der Waals surface area contributed by atoms with E-state index >= 15 is 0 Å². The second-order valence-corrected chi connectivity index (χ2v) is 6.31. The van der Waals surface area contributed by atoms with Crippen LogP contribution in [0.5, 0.6) is 0 Å². The molecular weight excluding hydrogens is 256 g/mol. The molecule has 1 aliphatic carbocycles. The van der Waals surface area contributed by atoms with Crippen molar-refractivity contribution in [1.82, 2.24) is 5.32 Å². The van der Waals surface area contributed by atoms with E-state index in [1.54, 1.807) is 0 Å². The first-order valence-corrected chi connectivity index (χ1v) is 7.73. The maximum atomic E-state index is 13.8. The van der Waals surface area contributed by atoms with Gasteiger partial charge in [0.1, 0.15) is 11.6 Å². The van der Waals surface area contributed by atoms with Gasteiger partial charge in [0.15, 0.2) is 0 Å². The topological polar surface area (TPSA) is 12.0 Å². The fraction of sp³-hybridized carbons (Fsp3) is 0.647. The third kappa shape index (κ3) is 4.27. The van der Waals surface area contributed by atoms with Gasteiger partial charge in [-0.15, -0.1) is 0 Å². The summed E-state index contributed by atoms with van der Waals surface area (Å²) in [5.41, 5.74) is 0.534. The second kappa shape index (κ2) is 7.16. The zero-order chi connectivity index (χ0) is 14.5. The Morgan fingerprint density at radius 1 is 1.15 bits per heavy atom. The molecule has 20 heavy (non-hydrogen) atoms. The Kier molecular flexibility index (Phi) is 5.53. The van der Waals surface area contributed by atoms with Crippen molar-refractivity contribution in [1.29, 1.82) is 0 Å². The van der Waals surface area contributed by atoms with Gasteiger partial charge >= 0.3 is 0 Å². The van der Waals surface area contributed by atoms with Gasteiger partial charge in [0.25, 0.3) is 0 Å². The molecule has 2 rings (SSSR count). The maximum absolute atomic E-state index is 13.8. The van der Waals surface area contributed by atoms with Crippen LogP contribution in [-0.2, 0) is 6.42 Å². The third-order valence-electron chi connectivity index (χ3n) is 4.34. The molecular formula is C17H25F2N. The lowest BCUT2D eigenvalue weighted by molar-refractivity contribution is 0.223. The van der Waals surface area contributed by atoms with Crippen molar-refractivity contribution >= 4 is 0 Å². The molecule has 1 saturated carbocycles. The minimum atomic E-state index is -0.339. The molecule has 2 atom stereocenters. The van der Waals surface area contributed by atoms with Crippen molar-refractivity contribution in [2.45, 2.75) is 52.0 Å². The van der Waals surface area contributed by atoms with E-state index in [2.05, 4.69) is 19.2 Å². The third-order valence-corrected chi connectivity index (χ3v) is 4.34. The fourth-order valence-electron chi connectivity index (χ4n) is 3.19. The summed E-state index contributed by atoms with van der Waals surface area (Å²) in [6, 6.07) is 4.27. The fourth-order valence-corrected chi connectivity index (χ4v) is 3.19. The minimum Gasteiger partial charge on any atom is -0.314 e. The molecule has 0 amide bonds. The number of hydrogen-bond donors (Lipinski definition) is 1. The van der Waals surface area contributed by atoms with Crippen molar-refractivity contribution in [2.24, 2.45) is 11.8 Å². The summed E-state index contributed by atoms with van der Waals surface area (Å²) >= 11 is 0. The van der Waals surface area contributed by atoms with Gasteiger partial charge in [0.05, 0.1) is 0 Å². The van der Waals surface area contributed by atoms with Crippen molar-refractivity contribution in [3.63, 3.8) is 0 Å². The largest absolute Gasteiger partial charge is 0.314 e. The summed E-state index contributed by atoms with van der Waals surface area (Å²) in [6.45, 7) is 5.27. The van der Waals surface area contributed by atoms with Crippen LogP contribution in [-0.4, -0.2) is 12.6 Å². The second-order valence-electron chi connectivity index (χ2n) is 6.31. The van der Waals surface area contributed by atoms with E-state index in [1.807, 2.05) is 0 Å². The van der Waals surface area contributed by atoms with Crippen LogP contribution in [0.2, 0.25) is 0 Å². The first kappa shape index (κ1) is 15.4. The molecule has 1 N–H and O–H groups in total. The zero-order valence-corrected chi connectivity index (χ0v) is 12.5. The molecule has 0 spiro atoms. The van der Waals surface area contributed by atoms with E-state index in [9.17, 15) is 8.78 Å². The van der Waals surface area contributed by atoms with Crippen LogP contribution >= 0.6 is 0 Å².